The number of piperidine rings is 2. The first-order chi connectivity index (χ1) is 13.4. The average Bonchev–Trinajstić information content (AvgIpc) is 3.06. The largest absolute Gasteiger partial charge is 0.337 e. The number of rotatable bonds is 3. The van der Waals surface area contributed by atoms with Crippen LogP contribution in [0.3, 0.4) is 0 Å². The zero-order chi connectivity index (χ0) is 19.7. The molecular weight excluding hydrogens is 382 g/mol. The van der Waals surface area contributed by atoms with Crippen molar-refractivity contribution in [1.82, 2.24) is 19.8 Å². The fourth-order valence-electron chi connectivity index (χ4n) is 4.59. The summed E-state index contributed by atoms with van der Waals surface area (Å²) >= 11 is 1.66. The normalized spacial score (nSPS) is 23.3. The summed E-state index contributed by atoms with van der Waals surface area (Å²) in [4.78, 5) is 25.2. The second-order valence-electron chi connectivity index (χ2n) is 7.99. The number of aromatic nitrogens is 2. The van der Waals surface area contributed by atoms with E-state index in [-0.39, 0.29) is 11.1 Å². The molecule has 1 atom stereocenters. The van der Waals surface area contributed by atoms with E-state index in [2.05, 4.69) is 20.2 Å². The van der Waals surface area contributed by atoms with Crippen molar-refractivity contribution in [3.63, 3.8) is 0 Å². The van der Waals surface area contributed by atoms with Gasteiger partial charge in [-0.1, -0.05) is 0 Å². The lowest BCUT2D eigenvalue weighted by atomic mass is 9.73. The molecule has 1 amide bonds. The predicted molar refractivity (Wildman–Crippen MR) is 103 cm³/mol. The summed E-state index contributed by atoms with van der Waals surface area (Å²) in [7, 11) is 0. The van der Waals surface area contributed by atoms with E-state index < -0.39 is 17.5 Å². The van der Waals surface area contributed by atoms with Gasteiger partial charge in [-0.25, -0.2) is 18.7 Å². The van der Waals surface area contributed by atoms with Crippen LogP contribution in [-0.2, 0) is 6.54 Å². The Kier molecular flexibility index (Phi) is 5.42. The van der Waals surface area contributed by atoms with Crippen LogP contribution in [0.1, 0.15) is 46.9 Å². The first-order valence-corrected chi connectivity index (χ1v) is 10.6. The summed E-state index contributed by atoms with van der Waals surface area (Å²) < 4.78 is 27.2. The van der Waals surface area contributed by atoms with Gasteiger partial charge in [0, 0.05) is 43.0 Å². The maximum atomic E-state index is 14.0. The van der Waals surface area contributed by atoms with Gasteiger partial charge in [0.25, 0.3) is 5.91 Å². The topological polar surface area (TPSA) is 49.3 Å². The van der Waals surface area contributed by atoms with Crippen molar-refractivity contribution in [1.29, 1.82) is 0 Å². The summed E-state index contributed by atoms with van der Waals surface area (Å²) in [6.07, 6.45) is 4.98. The van der Waals surface area contributed by atoms with Gasteiger partial charge >= 0.3 is 0 Å². The second-order valence-corrected chi connectivity index (χ2v) is 9.05. The van der Waals surface area contributed by atoms with Crippen LogP contribution in [-0.4, -0.2) is 51.9 Å². The molecule has 4 heterocycles. The van der Waals surface area contributed by atoms with E-state index in [0.29, 0.717) is 13.1 Å². The Morgan fingerprint density at radius 3 is 2.75 bits per heavy atom. The van der Waals surface area contributed by atoms with Gasteiger partial charge in [0.05, 0.1) is 16.9 Å². The second kappa shape index (κ2) is 7.83. The molecule has 2 aromatic rings. The maximum absolute atomic E-state index is 14.0. The lowest BCUT2D eigenvalue weighted by Gasteiger charge is -2.48. The number of nitrogens with zero attached hydrogens (tertiary/aromatic N) is 4. The molecule has 28 heavy (non-hydrogen) atoms. The Morgan fingerprint density at radius 1 is 1.25 bits per heavy atom. The maximum Gasteiger partial charge on any atom is 0.275 e. The van der Waals surface area contributed by atoms with Gasteiger partial charge in [-0.15, -0.1) is 11.3 Å². The number of amides is 1. The number of hydrogen-bond donors (Lipinski definition) is 0. The highest BCUT2D eigenvalue weighted by molar-refractivity contribution is 7.09. The molecule has 0 radical (unpaired) electrons. The van der Waals surface area contributed by atoms with Gasteiger partial charge in [-0.3, -0.25) is 9.69 Å². The minimum Gasteiger partial charge on any atom is -0.337 e. The van der Waals surface area contributed by atoms with Crippen LogP contribution in [0.15, 0.2) is 17.6 Å². The number of pyridine rings is 1. The molecule has 0 aromatic carbocycles. The molecule has 8 heteroatoms. The monoisotopic (exact) mass is 406 g/mol. The van der Waals surface area contributed by atoms with Crippen LogP contribution in [0.5, 0.6) is 0 Å². The number of thiazole rings is 1. The third-order valence-corrected chi connectivity index (χ3v) is 6.57. The van der Waals surface area contributed by atoms with Gasteiger partial charge in [-0.05, 0) is 39.2 Å². The van der Waals surface area contributed by atoms with Crippen molar-refractivity contribution in [2.75, 3.05) is 26.2 Å². The molecule has 2 saturated heterocycles. The molecule has 0 bridgehead atoms. The summed E-state index contributed by atoms with van der Waals surface area (Å²) in [5, 5.41) is 3.18. The molecule has 2 aliphatic heterocycles. The summed E-state index contributed by atoms with van der Waals surface area (Å²) in [6.45, 7) is 5.96. The first-order valence-electron chi connectivity index (χ1n) is 9.68. The van der Waals surface area contributed by atoms with Crippen LogP contribution in [0.25, 0.3) is 0 Å². The highest BCUT2D eigenvalue weighted by atomic mass is 32.1. The minimum atomic E-state index is -0.895. The van der Waals surface area contributed by atoms with Crippen LogP contribution in [0, 0.1) is 24.0 Å². The summed E-state index contributed by atoms with van der Waals surface area (Å²) in [5.74, 6) is -2.11. The summed E-state index contributed by atoms with van der Waals surface area (Å²) in [5.41, 5.74) is 0.832. The Labute approximate surface area is 167 Å². The van der Waals surface area contributed by atoms with E-state index in [0.717, 1.165) is 68.3 Å². The van der Waals surface area contributed by atoms with Crippen molar-refractivity contribution >= 4 is 17.2 Å². The van der Waals surface area contributed by atoms with E-state index in [1.165, 1.54) is 0 Å². The molecular formula is C20H24F2N4OS. The lowest BCUT2D eigenvalue weighted by Crippen LogP contribution is -2.53. The van der Waals surface area contributed by atoms with Gasteiger partial charge in [-0.2, -0.15) is 0 Å². The van der Waals surface area contributed by atoms with E-state index >= 15 is 0 Å². The number of aryl methyl sites for hydroxylation is 1. The van der Waals surface area contributed by atoms with Gasteiger partial charge < -0.3 is 4.90 Å². The van der Waals surface area contributed by atoms with E-state index in [1.54, 1.807) is 16.2 Å². The predicted octanol–water partition coefficient (Wildman–Crippen LogP) is 3.64. The van der Waals surface area contributed by atoms with Crippen molar-refractivity contribution in [2.45, 2.75) is 39.2 Å². The molecule has 1 unspecified atom stereocenters. The van der Waals surface area contributed by atoms with Crippen LogP contribution in [0.4, 0.5) is 8.78 Å². The number of halogens is 2. The molecule has 150 valence electrons. The molecule has 2 aromatic heterocycles. The zero-order valence-corrected chi connectivity index (χ0v) is 16.8. The number of hydrogen-bond acceptors (Lipinski definition) is 5. The zero-order valence-electron chi connectivity index (χ0n) is 16.0. The molecule has 0 aliphatic carbocycles. The first kappa shape index (κ1) is 19.4. The molecule has 4 rings (SSSR count). The smallest absolute Gasteiger partial charge is 0.275 e. The third-order valence-electron chi connectivity index (χ3n) is 5.75. The Hall–Kier alpha value is -1.93. The van der Waals surface area contributed by atoms with Crippen LogP contribution in [0.2, 0.25) is 0 Å². The SMILES string of the molecule is Cc1nc(CN2CCCC3(CCCN(C(=O)c4ncc(F)cc4F)C3)C2)cs1. The highest BCUT2D eigenvalue weighted by Gasteiger charge is 2.41. The standard InChI is InChI=1S/C20H24F2N4OS/c1-14-24-16(11-28-14)10-25-6-2-4-20(12-25)5-3-7-26(13-20)19(27)18-17(22)8-15(21)9-23-18/h8-9,11H,2-7,10,12-13H2,1H3. The molecule has 2 fully saturated rings. The number of carbonyl (C=O) groups excluding carboxylic acids is 1. The minimum absolute atomic E-state index is 0.0216. The molecule has 5 nitrogen and oxygen atoms in total. The number of likely N-dealkylation sites (tertiary alicyclic amines) is 2. The fourth-order valence-corrected chi connectivity index (χ4v) is 5.19. The number of carbonyl (C=O) groups is 1. The van der Waals surface area contributed by atoms with Crippen molar-refractivity contribution in [2.24, 2.45) is 5.41 Å². The van der Waals surface area contributed by atoms with Crippen LogP contribution >= 0.6 is 11.3 Å². The van der Waals surface area contributed by atoms with Crippen molar-refractivity contribution in [3.05, 3.63) is 45.7 Å². The van der Waals surface area contributed by atoms with Crippen molar-refractivity contribution in [3.8, 4) is 0 Å². The van der Waals surface area contributed by atoms with E-state index in [4.69, 9.17) is 0 Å². The van der Waals surface area contributed by atoms with E-state index in [9.17, 15) is 13.6 Å². The summed E-state index contributed by atoms with van der Waals surface area (Å²) in [6, 6.07) is 0.720. The Bertz CT molecular complexity index is 870. The molecule has 0 N–H and O–H groups in total. The average molecular weight is 407 g/mol. The fraction of sp³-hybridized carbons (Fsp3) is 0.550. The Morgan fingerprint density at radius 2 is 2.04 bits per heavy atom. The van der Waals surface area contributed by atoms with Gasteiger partial charge in [0.15, 0.2) is 11.5 Å². The van der Waals surface area contributed by atoms with Gasteiger partial charge in [0.1, 0.15) is 5.82 Å². The molecule has 2 aliphatic rings. The quantitative estimate of drug-likeness (QED) is 0.781. The van der Waals surface area contributed by atoms with E-state index in [1.807, 2.05) is 6.92 Å². The third kappa shape index (κ3) is 4.07. The Balaban J connectivity index is 1.46. The molecule has 0 saturated carbocycles. The lowest BCUT2D eigenvalue weighted by molar-refractivity contribution is 0.0105. The molecule has 1 spiro atoms. The van der Waals surface area contributed by atoms with Gasteiger partial charge in [0.2, 0.25) is 0 Å². The van der Waals surface area contributed by atoms with Crippen molar-refractivity contribution < 1.29 is 13.6 Å². The highest BCUT2D eigenvalue weighted by Crippen LogP contribution is 2.39. The van der Waals surface area contributed by atoms with Crippen LogP contribution < -0.4 is 0 Å².